The van der Waals surface area contributed by atoms with Gasteiger partial charge in [0.15, 0.2) is 0 Å². The van der Waals surface area contributed by atoms with E-state index in [-0.39, 0.29) is 18.1 Å². The van der Waals surface area contributed by atoms with Gasteiger partial charge in [-0.25, -0.2) is 4.79 Å². The number of amides is 1. The minimum Gasteiger partial charge on any atom is -0.468 e. The SMILES string of the molecule is CCCCC(C(=O)OC)N1CCCN(C(=O)OC(C)(C)C)CC1. The zero-order valence-electron chi connectivity index (χ0n) is 15.3. The predicted octanol–water partition coefficient (Wildman–Crippen LogP) is 2.66. The molecular weight excluding hydrogens is 296 g/mol. The highest BCUT2D eigenvalue weighted by Gasteiger charge is 2.30. The van der Waals surface area contributed by atoms with E-state index in [4.69, 9.17) is 9.47 Å². The van der Waals surface area contributed by atoms with E-state index in [9.17, 15) is 9.59 Å². The largest absolute Gasteiger partial charge is 0.468 e. The number of esters is 1. The fourth-order valence-electron chi connectivity index (χ4n) is 2.74. The Morgan fingerprint density at radius 2 is 1.83 bits per heavy atom. The van der Waals surface area contributed by atoms with Crippen LogP contribution in [0.25, 0.3) is 0 Å². The molecule has 1 saturated heterocycles. The first-order valence-corrected chi connectivity index (χ1v) is 8.58. The molecule has 1 aliphatic heterocycles. The van der Waals surface area contributed by atoms with Crippen LogP contribution >= 0.6 is 0 Å². The normalized spacial score (nSPS) is 18.2. The molecule has 0 aromatic carbocycles. The number of ether oxygens (including phenoxy) is 2. The Morgan fingerprint density at radius 1 is 1.13 bits per heavy atom. The highest BCUT2D eigenvalue weighted by molar-refractivity contribution is 5.75. The van der Waals surface area contributed by atoms with Gasteiger partial charge in [-0.1, -0.05) is 19.8 Å². The lowest BCUT2D eigenvalue weighted by Crippen LogP contribution is -2.44. The summed E-state index contributed by atoms with van der Waals surface area (Å²) >= 11 is 0. The van der Waals surface area contributed by atoms with Gasteiger partial charge in [0.2, 0.25) is 0 Å². The van der Waals surface area contributed by atoms with Gasteiger partial charge in [-0.2, -0.15) is 0 Å². The smallest absolute Gasteiger partial charge is 0.410 e. The molecule has 1 rings (SSSR count). The number of nitrogens with zero attached hydrogens (tertiary/aromatic N) is 2. The van der Waals surface area contributed by atoms with Crippen molar-refractivity contribution in [1.29, 1.82) is 0 Å². The van der Waals surface area contributed by atoms with Gasteiger partial charge in [-0.3, -0.25) is 9.69 Å². The second-order valence-electron chi connectivity index (χ2n) is 7.04. The number of hydrogen-bond acceptors (Lipinski definition) is 5. The molecule has 1 unspecified atom stereocenters. The van der Waals surface area contributed by atoms with Crippen molar-refractivity contribution >= 4 is 12.1 Å². The van der Waals surface area contributed by atoms with E-state index in [0.29, 0.717) is 19.6 Å². The topological polar surface area (TPSA) is 59.1 Å². The fraction of sp³-hybridized carbons (Fsp3) is 0.882. The van der Waals surface area contributed by atoms with E-state index in [1.54, 1.807) is 4.90 Å². The van der Waals surface area contributed by atoms with Crippen LogP contribution in [0.4, 0.5) is 4.79 Å². The molecule has 0 saturated carbocycles. The summed E-state index contributed by atoms with van der Waals surface area (Å²) in [5.74, 6) is -0.177. The third-order valence-corrected chi connectivity index (χ3v) is 3.93. The molecule has 0 bridgehead atoms. The Labute approximate surface area is 140 Å². The van der Waals surface area contributed by atoms with Crippen LogP contribution in [-0.4, -0.2) is 66.8 Å². The van der Waals surface area contributed by atoms with Gasteiger partial charge in [0.25, 0.3) is 0 Å². The van der Waals surface area contributed by atoms with Crippen LogP contribution in [0, 0.1) is 0 Å². The highest BCUT2D eigenvalue weighted by atomic mass is 16.6. The van der Waals surface area contributed by atoms with Crippen LogP contribution in [0.15, 0.2) is 0 Å². The van der Waals surface area contributed by atoms with Crippen LogP contribution in [0.5, 0.6) is 0 Å². The molecule has 0 N–H and O–H groups in total. The van der Waals surface area contributed by atoms with Crippen LogP contribution < -0.4 is 0 Å². The molecule has 1 heterocycles. The molecule has 0 aromatic rings. The lowest BCUT2D eigenvalue weighted by atomic mass is 10.1. The van der Waals surface area contributed by atoms with Crippen molar-refractivity contribution in [3.63, 3.8) is 0 Å². The van der Waals surface area contributed by atoms with E-state index < -0.39 is 5.60 Å². The second-order valence-corrected chi connectivity index (χ2v) is 7.04. The van der Waals surface area contributed by atoms with Crippen molar-refractivity contribution in [2.75, 3.05) is 33.3 Å². The number of carbonyl (C=O) groups excluding carboxylic acids is 2. The first-order valence-electron chi connectivity index (χ1n) is 8.58. The molecule has 0 spiro atoms. The first kappa shape index (κ1) is 19.7. The number of carbonyl (C=O) groups is 2. The molecule has 23 heavy (non-hydrogen) atoms. The van der Waals surface area contributed by atoms with E-state index in [0.717, 1.165) is 32.2 Å². The van der Waals surface area contributed by atoms with Gasteiger partial charge < -0.3 is 14.4 Å². The van der Waals surface area contributed by atoms with Crippen molar-refractivity contribution in [1.82, 2.24) is 9.80 Å². The first-order chi connectivity index (χ1) is 10.8. The van der Waals surface area contributed by atoms with E-state index >= 15 is 0 Å². The van der Waals surface area contributed by atoms with Crippen LogP contribution in [0.3, 0.4) is 0 Å². The van der Waals surface area contributed by atoms with Gasteiger partial charge in [-0.05, 0) is 33.6 Å². The quantitative estimate of drug-likeness (QED) is 0.726. The zero-order valence-corrected chi connectivity index (χ0v) is 15.3. The minimum atomic E-state index is -0.487. The second kappa shape index (κ2) is 9.11. The zero-order chi connectivity index (χ0) is 17.5. The summed E-state index contributed by atoms with van der Waals surface area (Å²) in [4.78, 5) is 28.1. The van der Waals surface area contributed by atoms with Gasteiger partial charge in [0, 0.05) is 26.2 Å². The summed E-state index contributed by atoms with van der Waals surface area (Å²) in [5, 5.41) is 0. The lowest BCUT2D eigenvalue weighted by molar-refractivity contribution is -0.147. The molecule has 6 nitrogen and oxygen atoms in total. The molecule has 0 aromatic heterocycles. The molecule has 1 fully saturated rings. The number of unbranched alkanes of at least 4 members (excludes halogenated alkanes) is 1. The Hall–Kier alpha value is -1.30. The standard InChI is InChI=1S/C17H32N2O4/c1-6-7-9-14(15(20)22-5)18-10-8-11-19(13-12-18)16(21)23-17(2,3)4/h14H,6-13H2,1-5H3. The van der Waals surface area contributed by atoms with Crippen LogP contribution in [0.1, 0.15) is 53.4 Å². The third-order valence-electron chi connectivity index (χ3n) is 3.93. The van der Waals surface area contributed by atoms with Crippen molar-refractivity contribution < 1.29 is 19.1 Å². The maximum Gasteiger partial charge on any atom is 0.410 e. The lowest BCUT2D eigenvalue weighted by Gasteiger charge is -2.29. The van der Waals surface area contributed by atoms with Crippen molar-refractivity contribution in [2.45, 2.75) is 65.0 Å². The monoisotopic (exact) mass is 328 g/mol. The molecule has 0 aliphatic carbocycles. The summed E-state index contributed by atoms with van der Waals surface area (Å²) in [6.45, 7) is 10.4. The predicted molar refractivity (Wildman–Crippen MR) is 89.3 cm³/mol. The molecule has 6 heteroatoms. The average molecular weight is 328 g/mol. The van der Waals surface area contributed by atoms with E-state index in [1.807, 2.05) is 20.8 Å². The number of rotatable bonds is 5. The average Bonchev–Trinajstić information content (AvgIpc) is 2.71. The summed E-state index contributed by atoms with van der Waals surface area (Å²) in [5.41, 5.74) is -0.487. The van der Waals surface area contributed by atoms with Crippen LogP contribution in [0.2, 0.25) is 0 Å². The summed E-state index contributed by atoms with van der Waals surface area (Å²) in [6.07, 6.45) is 3.40. The molecule has 1 aliphatic rings. The summed E-state index contributed by atoms with van der Waals surface area (Å²) in [6, 6.07) is -0.210. The molecule has 1 atom stereocenters. The van der Waals surface area contributed by atoms with Gasteiger partial charge >= 0.3 is 12.1 Å². The van der Waals surface area contributed by atoms with Crippen LogP contribution in [-0.2, 0) is 14.3 Å². The fourth-order valence-corrected chi connectivity index (χ4v) is 2.74. The Morgan fingerprint density at radius 3 is 2.39 bits per heavy atom. The van der Waals surface area contributed by atoms with Crippen molar-refractivity contribution in [3.8, 4) is 0 Å². The molecule has 0 radical (unpaired) electrons. The van der Waals surface area contributed by atoms with Crippen molar-refractivity contribution in [3.05, 3.63) is 0 Å². The molecule has 1 amide bonds. The summed E-state index contributed by atoms with van der Waals surface area (Å²) in [7, 11) is 1.44. The number of hydrogen-bond donors (Lipinski definition) is 0. The Balaban J connectivity index is 2.64. The number of methoxy groups -OCH3 is 1. The highest BCUT2D eigenvalue weighted by Crippen LogP contribution is 2.16. The Kier molecular flexibility index (Phi) is 7.82. The Bertz CT molecular complexity index is 393. The van der Waals surface area contributed by atoms with Gasteiger partial charge in [-0.15, -0.1) is 0 Å². The van der Waals surface area contributed by atoms with E-state index in [2.05, 4.69) is 11.8 Å². The maximum atomic E-state index is 12.2. The van der Waals surface area contributed by atoms with E-state index in [1.165, 1.54) is 7.11 Å². The maximum absolute atomic E-state index is 12.2. The third kappa shape index (κ3) is 6.77. The molecule has 134 valence electrons. The van der Waals surface area contributed by atoms with Crippen molar-refractivity contribution in [2.24, 2.45) is 0 Å². The van der Waals surface area contributed by atoms with Gasteiger partial charge in [0.05, 0.1) is 7.11 Å². The minimum absolute atomic E-state index is 0.177. The van der Waals surface area contributed by atoms with Gasteiger partial charge in [0.1, 0.15) is 11.6 Å². The summed E-state index contributed by atoms with van der Waals surface area (Å²) < 4.78 is 10.4. The molecular formula is C17H32N2O4.